The zero-order valence-corrected chi connectivity index (χ0v) is 19.9. The number of nitrogens with one attached hydrogen (secondary N) is 2. The number of hydrogen-bond donors (Lipinski definition) is 2. The first kappa shape index (κ1) is 23.5. The summed E-state index contributed by atoms with van der Waals surface area (Å²) in [6.45, 7) is 4.33. The summed E-state index contributed by atoms with van der Waals surface area (Å²) in [5.74, 6) is 0.904. The minimum atomic E-state index is 0.0553. The number of halogens is 2. The highest BCUT2D eigenvalue weighted by Crippen LogP contribution is 2.35. The fourth-order valence-corrected chi connectivity index (χ4v) is 4.88. The lowest BCUT2D eigenvalue weighted by Crippen LogP contribution is -2.27. The molecule has 2 fully saturated rings. The Labute approximate surface area is 200 Å². The highest BCUT2D eigenvalue weighted by Gasteiger charge is 2.21. The van der Waals surface area contributed by atoms with Gasteiger partial charge in [-0.2, -0.15) is 0 Å². The van der Waals surface area contributed by atoms with Crippen LogP contribution in [0.3, 0.4) is 0 Å². The predicted molar refractivity (Wildman–Crippen MR) is 131 cm³/mol. The molecule has 1 aromatic heterocycles. The van der Waals surface area contributed by atoms with E-state index in [9.17, 15) is 4.79 Å². The van der Waals surface area contributed by atoms with E-state index in [2.05, 4.69) is 15.6 Å². The zero-order valence-electron chi connectivity index (χ0n) is 18.3. The molecule has 2 saturated heterocycles. The van der Waals surface area contributed by atoms with Gasteiger partial charge in [0.05, 0.1) is 5.02 Å². The molecular weight excluding hydrogens is 445 g/mol. The Hall–Kier alpha value is -1.66. The van der Waals surface area contributed by atoms with Crippen LogP contribution in [0.5, 0.6) is 0 Å². The van der Waals surface area contributed by atoms with Gasteiger partial charge in [-0.05, 0) is 62.4 Å². The minimum Gasteiger partial charge on any atom is -0.385 e. The molecule has 32 heavy (non-hydrogen) atoms. The van der Waals surface area contributed by atoms with Crippen LogP contribution in [0.25, 0.3) is 11.1 Å². The molecule has 2 aliphatic rings. The van der Waals surface area contributed by atoms with Crippen molar-refractivity contribution in [1.29, 1.82) is 0 Å². The van der Waals surface area contributed by atoms with Crippen LogP contribution in [0.4, 0.5) is 5.69 Å². The number of Topliss-reactive ketones (excluding diaryl/α,β-unsaturated/α-hetero) is 1. The standard InChI is InChI=1S/C25H31Cl2N3O2/c26-23-5-4-19(29-14-17-6-9-32-10-7-17)11-21(23)22-12-20(30-16-24(22)27)13-25(31)18-3-1-2-8-28-15-18/h4-5,11-12,16-18,28-29H,1-3,6-10,13-15H2. The first-order chi connectivity index (χ1) is 15.6. The number of aromatic nitrogens is 1. The number of nitrogens with zero attached hydrogens (tertiary/aromatic N) is 1. The van der Waals surface area contributed by atoms with Crippen LogP contribution in [0, 0.1) is 11.8 Å². The van der Waals surface area contributed by atoms with Gasteiger partial charge >= 0.3 is 0 Å². The van der Waals surface area contributed by atoms with E-state index in [1.807, 2.05) is 24.3 Å². The van der Waals surface area contributed by atoms with Crippen LogP contribution < -0.4 is 10.6 Å². The SMILES string of the molecule is O=C(Cc1cc(-c2cc(NCC3CCOCC3)ccc2Cl)c(Cl)cn1)C1CCCCNC1. The largest absolute Gasteiger partial charge is 0.385 e. The van der Waals surface area contributed by atoms with E-state index in [-0.39, 0.29) is 11.7 Å². The highest BCUT2D eigenvalue weighted by atomic mass is 35.5. The van der Waals surface area contributed by atoms with Crippen molar-refractivity contribution in [2.75, 3.05) is 38.2 Å². The van der Waals surface area contributed by atoms with Crippen molar-refractivity contribution >= 4 is 34.7 Å². The fourth-order valence-electron chi connectivity index (χ4n) is 4.46. The molecule has 172 valence electrons. The van der Waals surface area contributed by atoms with Gasteiger partial charge in [-0.1, -0.05) is 29.6 Å². The van der Waals surface area contributed by atoms with Crippen LogP contribution in [0.2, 0.25) is 10.0 Å². The number of carbonyl (C=O) groups is 1. The van der Waals surface area contributed by atoms with Crippen LogP contribution >= 0.6 is 23.2 Å². The van der Waals surface area contributed by atoms with Gasteiger partial charge in [0.25, 0.3) is 0 Å². The van der Waals surface area contributed by atoms with Crippen molar-refractivity contribution in [2.45, 2.75) is 38.5 Å². The third-order valence-corrected chi connectivity index (χ3v) is 7.09. The van der Waals surface area contributed by atoms with Crippen LogP contribution in [-0.2, 0) is 16.0 Å². The van der Waals surface area contributed by atoms with E-state index in [4.69, 9.17) is 27.9 Å². The summed E-state index contributed by atoms with van der Waals surface area (Å²) in [4.78, 5) is 17.3. The molecule has 0 aliphatic carbocycles. The lowest BCUT2D eigenvalue weighted by atomic mass is 9.94. The maximum Gasteiger partial charge on any atom is 0.143 e. The van der Waals surface area contributed by atoms with Crippen LogP contribution in [-0.4, -0.2) is 43.6 Å². The van der Waals surface area contributed by atoms with Crippen LogP contribution in [0.1, 0.15) is 37.8 Å². The molecule has 3 heterocycles. The van der Waals surface area contributed by atoms with Gasteiger partial charge in [-0.3, -0.25) is 9.78 Å². The number of benzene rings is 1. The normalized spacial score (nSPS) is 20.0. The summed E-state index contributed by atoms with van der Waals surface area (Å²) in [6.07, 6.45) is 7.27. The van der Waals surface area contributed by atoms with Gasteiger partial charge < -0.3 is 15.4 Å². The smallest absolute Gasteiger partial charge is 0.143 e. The maximum atomic E-state index is 12.9. The summed E-state index contributed by atoms with van der Waals surface area (Å²) >= 11 is 13.1. The van der Waals surface area contributed by atoms with Gasteiger partial charge in [-0.25, -0.2) is 0 Å². The highest BCUT2D eigenvalue weighted by molar-refractivity contribution is 6.36. The Bertz CT molecular complexity index is 923. The number of pyridine rings is 1. The summed E-state index contributed by atoms with van der Waals surface area (Å²) in [5.41, 5.74) is 3.39. The molecule has 0 saturated carbocycles. The molecule has 0 radical (unpaired) electrons. The quantitative estimate of drug-likeness (QED) is 0.561. The summed E-state index contributed by atoms with van der Waals surface area (Å²) in [6, 6.07) is 7.82. The molecule has 1 aromatic carbocycles. The van der Waals surface area contributed by atoms with Gasteiger partial charge in [0, 0.05) is 72.4 Å². The summed E-state index contributed by atoms with van der Waals surface area (Å²) in [5, 5.41) is 8.05. The molecule has 0 spiro atoms. The molecule has 2 N–H and O–H groups in total. The molecule has 2 aromatic rings. The molecule has 1 atom stereocenters. The molecule has 7 heteroatoms. The van der Waals surface area contributed by atoms with Crippen LogP contribution in [0.15, 0.2) is 30.5 Å². The second-order valence-electron chi connectivity index (χ2n) is 8.83. The van der Waals surface area contributed by atoms with Crippen molar-refractivity contribution in [2.24, 2.45) is 11.8 Å². The lowest BCUT2D eigenvalue weighted by Gasteiger charge is -2.23. The van der Waals surface area contributed by atoms with E-state index in [0.29, 0.717) is 22.4 Å². The topological polar surface area (TPSA) is 63.2 Å². The second-order valence-corrected chi connectivity index (χ2v) is 9.64. The van der Waals surface area contributed by atoms with E-state index in [1.54, 1.807) is 6.20 Å². The Balaban J connectivity index is 1.49. The maximum absolute atomic E-state index is 12.9. The summed E-state index contributed by atoms with van der Waals surface area (Å²) < 4.78 is 5.45. The number of hydrogen-bond acceptors (Lipinski definition) is 5. The molecular formula is C25H31Cl2N3O2. The predicted octanol–water partition coefficient (Wildman–Crippen LogP) is 5.40. The minimum absolute atomic E-state index is 0.0553. The van der Waals surface area contributed by atoms with E-state index in [0.717, 1.165) is 87.5 Å². The van der Waals surface area contributed by atoms with Gasteiger partial charge in [0.1, 0.15) is 5.78 Å². The molecule has 2 aliphatic heterocycles. The Morgan fingerprint density at radius 3 is 2.75 bits per heavy atom. The van der Waals surface area contributed by atoms with Gasteiger partial charge in [0.2, 0.25) is 0 Å². The van der Waals surface area contributed by atoms with Crippen molar-refractivity contribution in [1.82, 2.24) is 10.3 Å². The first-order valence-corrected chi connectivity index (χ1v) is 12.3. The fraction of sp³-hybridized carbons (Fsp3) is 0.520. The van der Waals surface area contributed by atoms with Crippen molar-refractivity contribution in [3.63, 3.8) is 0 Å². The van der Waals surface area contributed by atoms with E-state index < -0.39 is 0 Å². The third-order valence-electron chi connectivity index (χ3n) is 6.46. The van der Waals surface area contributed by atoms with Crippen molar-refractivity contribution in [3.05, 3.63) is 46.2 Å². The zero-order chi connectivity index (χ0) is 22.3. The average Bonchev–Trinajstić information content (AvgIpc) is 3.10. The summed E-state index contributed by atoms with van der Waals surface area (Å²) in [7, 11) is 0. The van der Waals surface area contributed by atoms with E-state index in [1.165, 1.54) is 0 Å². The number of carbonyl (C=O) groups excluding carboxylic acids is 1. The number of rotatable bonds is 7. The monoisotopic (exact) mass is 475 g/mol. The van der Waals surface area contributed by atoms with Crippen molar-refractivity contribution < 1.29 is 9.53 Å². The molecule has 0 bridgehead atoms. The molecule has 0 amide bonds. The second kappa shape index (κ2) is 11.5. The number of ether oxygens (including phenoxy) is 1. The molecule has 4 rings (SSSR count). The Morgan fingerprint density at radius 1 is 1.09 bits per heavy atom. The van der Waals surface area contributed by atoms with Crippen molar-refractivity contribution in [3.8, 4) is 11.1 Å². The Morgan fingerprint density at radius 2 is 1.91 bits per heavy atom. The lowest BCUT2D eigenvalue weighted by molar-refractivity contribution is -0.122. The number of ketones is 1. The average molecular weight is 476 g/mol. The van der Waals surface area contributed by atoms with Gasteiger partial charge in [0.15, 0.2) is 0 Å². The molecule has 1 unspecified atom stereocenters. The Kier molecular flexibility index (Phi) is 8.42. The first-order valence-electron chi connectivity index (χ1n) is 11.6. The number of anilines is 1. The molecule has 5 nitrogen and oxygen atoms in total. The van der Waals surface area contributed by atoms with Gasteiger partial charge in [-0.15, -0.1) is 0 Å². The third kappa shape index (κ3) is 6.22. The van der Waals surface area contributed by atoms with E-state index >= 15 is 0 Å².